The molecule has 144 valence electrons. The third-order valence-electron chi connectivity index (χ3n) is 4.23. The first-order valence-corrected chi connectivity index (χ1v) is 9.25. The molecule has 0 atom stereocenters. The molecule has 10 heteroatoms. The highest BCUT2D eigenvalue weighted by molar-refractivity contribution is 7.80. The van der Waals surface area contributed by atoms with Gasteiger partial charge in [-0.3, -0.25) is 10.1 Å². The highest BCUT2D eigenvalue weighted by atomic mass is 32.1. The number of quaternary nitrogens is 1. The molecule has 0 bridgehead atoms. The van der Waals surface area contributed by atoms with Crippen molar-refractivity contribution >= 4 is 23.0 Å². The number of nitro groups is 1. The molecule has 1 fully saturated rings. The van der Waals surface area contributed by atoms with Crippen LogP contribution in [0.15, 0.2) is 28.7 Å². The fraction of sp³-hybridized carbons (Fsp3) is 0.471. The highest BCUT2D eigenvalue weighted by Crippen LogP contribution is 2.29. The predicted molar refractivity (Wildman–Crippen MR) is 103 cm³/mol. The number of aromatic nitrogens is 2. The zero-order valence-corrected chi connectivity index (χ0v) is 16.2. The number of nitrogens with zero attached hydrogens (tertiary/aromatic N) is 4. The van der Waals surface area contributed by atoms with Crippen LogP contribution in [0.2, 0.25) is 0 Å². The Labute approximate surface area is 162 Å². The van der Waals surface area contributed by atoms with Crippen molar-refractivity contribution in [2.24, 2.45) is 0 Å². The number of benzene rings is 1. The lowest BCUT2D eigenvalue weighted by atomic mass is 10.2. The lowest BCUT2D eigenvalue weighted by molar-refractivity contribution is -0.856. The average molecular weight is 391 g/mol. The first-order chi connectivity index (χ1) is 12.9. The van der Waals surface area contributed by atoms with Gasteiger partial charge in [-0.2, -0.15) is 0 Å². The first kappa shape index (κ1) is 19.2. The molecule has 1 aromatic heterocycles. The van der Waals surface area contributed by atoms with Crippen LogP contribution >= 0.6 is 12.2 Å². The van der Waals surface area contributed by atoms with Crippen molar-refractivity contribution in [2.45, 2.75) is 25.4 Å². The topological polar surface area (TPSA) is 102 Å². The van der Waals surface area contributed by atoms with Crippen molar-refractivity contribution in [1.82, 2.24) is 20.4 Å². The van der Waals surface area contributed by atoms with Crippen molar-refractivity contribution in [3.05, 3.63) is 40.3 Å². The van der Waals surface area contributed by atoms with Gasteiger partial charge >= 0.3 is 0 Å². The molecule has 1 aromatic carbocycles. The van der Waals surface area contributed by atoms with Crippen LogP contribution in [0.1, 0.15) is 18.7 Å². The minimum Gasteiger partial charge on any atom is -0.419 e. The van der Waals surface area contributed by atoms with Gasteiger partial charge in [-0.15, -0.1) is 10.2 Å². The second-order valence-corrected chi connectivity index (χ2v) is 7.24. The van der Waals surface area contributed by atoms with Crippen molar-refractivity contribution in [2.75, 3.05) is 27.2 Å². The summed E-state index contributed by atoms with van der Waals surface area (Å²) in [6.45, 7) is 2.19. The number of likely N-dealkylation sites (N-methyl/N-ethyl adjacent to an activating group) is 1. The fourth-order valence-electron chi connectivity index (χ4n) is 2.61. The Morgan fingerprint density at radius 3 is 2.89 bits per heavy atom. The van der Waals surface area contributed by atoms with Gasteiger partial charge in [0.05, 0.1) is 38.7 Å². The molecule has 3 rings (SSSR count). The zero-order valence-electron chi connectivity index (χ0n) is 15.3. The van der Waals surface area contributed by atoms with Crippen LogP contribution in [0.25, 0.3) is 11.5 Å². The molecule has 2 N–H and O–H groups in total. The Bertz CT molecular complexity index is 821. The third-order valence-corrected chi connectivity index (χ3v) is 4.60. The minimum atomic E-state index is -0.449. The number of nitrogens with one attached hydrogen (secondary N) is 2. The quantitative estimate of drug-likeness (QED) is 0.384. The second kappa shape index (κ2) is 8.40. The molecular weight excluding hydrogens is 368 g/mol. The zero-order chi connectivity index (χ0) is 19.4. The second-order valence-electron chi connectivity index (χ2n) is 6.86. The van der Waals surface area contributed by atoms with Gasteiger partial charge in [0.1, 0.15) is 0 Å². The van der Waals surface area contributed by atoms with E-state index < -0.39 is 4.92 Å². The third kappa shape index (κ3) is 5.20. The van der Waals surface area contributed by atoms with E-state index in [1.165, 1.54) is 17.0 Å². The molecule has 9 nitrogen and oxygen atoms in total. The lowest BCUT2D eigenvalue weighted by Crippen LogP contribution is -3.06. The van der Waals surface area contributed by atoms with Gasteiger partial charge in [0.2, 0.25) is 11.8 Å². The smallest absolute Gasteiger partial charge is 0.270 e. The van der Waals surface area contributed by atoms with Gasteiger partial charge in [0, 0.05) is 23.7 Å². The molecule has 2 aromatic rings. The van der Waals surface area contributed by atoms with E-state index in [1.54, 1.807) is 12.1 Å². The molecule has 0 radical (unpaired) electrons. The molecular formula is C17H23N6O3S+. The maximum absolute atomic E-state index is 10.9. The van der Waals surface area contributed by atoms with Crippen LogP contribution in [0.5, 0.6) is 0 Å². The Balaban J connectivity index is 1.67. The summed E-state index contributed by atoms with van der Waals surface area (Å²) >= 11 is 5.53. The monoisotopic (exact) mass is 391 g/mol. The Morgan fingerprint density at radius 1 is 1.44 bits per heavy atom. The summed E-state index contributed by atoms with van der Waals surface area (Å²) in [5.41, 5.74) is 0.510. The summed E-state index contributed by atoms with van der Waals surface area (Å²) in [4.78, 5) is 13.9. The summed E-state index contributed by atoms with van der Waals surface area (Å²) in [6.07, 6.45) is 2.18. The normalized spacial score (nSPS) is 13.6. The Hall–Kier alpha value is -2.59. The summed E-state index contributed by atoms with van der Waals surface area (Å²) in [7, 11) is 4.19. The van der Waals surface area contributed by atoms with E-state index >= 15 is 0 Å². The van der Waals surface area contributed by atoms with Crippen LogP contribution in [-0.2, 0) is 6.54 Å². The van der Waals surface area contributed by atoms with E-state index in [0.717, 1.165) is 25.9 Å². The number of rotatable bonds is 8. The van der Waals surface area contributed by atoms with Crippen LogP contribution < -0.4 is 10.2 Å². The summed E-state index contributed by atoms with van der Waals surface area (Å²) in [6, 6.07) is 6.55. The van der Waals surface area contributed by atoms with Gasteiger partial charge in [-0.05, 0) is 31.1 Å². The van der Waals surface area contributed by atoms with Crippen molar-refractivity contribution < 1.29 is 14.2 Å². The number of hydrogen-bond donors (Lipinski definition) is 2. The summed E-state index contributed by atoms with van der Waals surface area (Å²) in [5.74, 6) is 0.699. The number of thiocarbonyl (C=S) groups is 1. The van der Waals surface area contributed by atoms with Gasteiger partial charge < -0.3 is 19.5 Å². The van der Waals surface area contributed by atoms with E-state index in [1.807, 2.05) is 0 Å². The van der Waals surface area contributed by atoms with Crippen LogP contribution in [-0.4, -0.2) is 58.4 Å². The number of non-ortho nitro benzene ring substituents is 1. The van der Waals surface area contributed by atoms with E-state index in [9.17, 15) is 10.1 Å². The minimum absolute atomic E-state index is 0.0137. The predicted octanol–water partition coefficient (Wildman–Crippen LogP) is 0.628. The van der Waals surface area contributed by atoms with E-state index in [2.05, 4.69) is 34.5 Å². The molecule has 0 aliphatic heterocycles. The van der Waals surface area contributed by atoms with Gasteiger partial charge in [-0.25, -0.2) is 0 Å². The molecule has 1 aliphatic rings. The van der Waals surface area contributed by atoms with E-state index in [0.29, 0.717) is 29.2 Å². The molecule has 27 heavy (non-hydrogen) atoms. The first-order valence-electron chi connectivity index (χ1n) is 8.84. The Morgan fingerprint density at radius 2 is 2.22 bits per heavy atom. The molecule has 1 aliphatic carbocycles. The van der Waals surface area contributed by atoms with Crippen LogP contribution in [0.3, 0.4) is 0 Å². The average Bonchev–Trinajstić information content (AvgIpc) is 3.37. The van der Waals surface area contributed by atoms with Gasteiger partial charge in [0.15, 0.2) is 5.11 Å². The fourth-order valence-corrected chi connectivity index (χ4v) is 2.92. The SMILES string of the molecule is C[NH+](C)CCNC(=S)N(Cc1nnc(-c2cccc([N+](=O)[O-])c2)o1)C1CC1. The maximum Gasteiger partial charge on any atom is 0.270 e. The molecule has 1 heterocycles. The molecule has 1 saturated carbocycles. The lowest BCUT2D eigenvalue weighted by Gasteiger charge is -2.24. The van der Waals surface area contributed by atoms with Crippen molar-refractivity contribution in [3.63, 3.8) is 0 Å². The van der Waals surface area contributed by atoms with Crippen LogP contribution in [0, 0.1) is 10.1 Å². The molecule has 0 unspecified atom stereocenters. The van der Waals surface area contributed by atoms with Gasteiger partial charge in [-0.1, -0.05) is 6.07 Å². The standard InChI is InChI=1S/C17H22N6O3S/c1-21(2)9-8-18-17(27)22(13-6-7-13)11-15-19-20-16(26-15)12-4-3-5-14(10-12)23(24)25/h3-5,10,13H,6-9,11H2,1-2H3,(H,18,27)/p+1. The largest absolute Gasteiger partial charge is 0.419 e. The van der Waals surface area contributed by atoms with Crippen LogP contribution in [0.4, 0.5) is 5.69 Å². The molecule has 0 amide bonds. The van der Waals surface area contributed by atoms with Gasteiger partial charge in [0.25, 0.3) is 5.69 Å². The highest BCUT2D eigenvalue weighted by Gasteiger charge is 2.32. The Kier molecular flexibility index (Phi) is 5.97. The maximum atomic E-state index is 10.9. The summed E-state index contributed by atoms with van der Waals surface area (Å²) < 4.78 is 5.73. The molecule has 0 spiro atoms. The number of hydrogen-bond acceptors (Lipinski definition) is 6. The van der Waals surface area contributed by atoms with Crippen molar-refractivity contribution in [1.29, 1.82) is 0 Å². The van der Waals surface area contributed by atoms with Crippen molar-refractivity contribution in [3.8, 4) is 11.5 Å². The number of nitro benzene ring substituents is 1. The summed E-state index contributed by atoms with van der Waals surface area (Å²) in [5, 5.41) is 23.0. The molecule has 0 saturated heterocycles. The van der Waals surface area contributed by atoms with E-state index in [-0.39, 0.29) is 11.6 Å². The van der Waals surface area contributed by atoms with E-state index in [4.69, 9.17) is 16.6 Å².